The highest BCUT2D eigenvalue weighted by molar-refractivity contribution is 5.97. The van der Waals surface area contributed by atoms with Gasteiger partial charge in [0.15, 0.2) is 12.4 Å². The standard InChI is InChI=1S/C22H23N3O2/c1-15-7-9-18(10-8-15)22(23)25-27-14-21(26)24-16(2)19-12-11-17-5-3-4-6-20(17)13-19/h3-13,16H,14H2,1-2H3,(H2,23,25)(H,24,26)/t16-/m1/s1. The van der Waals surface area contributed by atoms with Gasteiger partial charge in [-0.3, -0.25) is 4.79 Å². The Bertz CT molecular complexity index is 965. The van der Waals surface area contributed by atoms with Gasteiger partial charge < -0.3 is 15.9 Å². The largest absolute Gasteiger partial charge is 0.384 e. The number of nitrogens with one attached hydrogen (secondary N) is 1. The van der Waals surface area contributed by atoms with Crippen LogP contribution in [0.1, 0.15) is 29.7 Å². The molecule has 3 aromatic rings. The van der Waals surface area contributed by atoms with Gasteiger partial charge in [-0.15, -0.1) is 0 Å². The predicted octanol–water partition coefficient (Wildman–Crippen LogP) is 3.66. The number of hydrogen-bond acceptors (Lipinski definition) is 3. The van der Waals surface area contributed by atoms with Crippen LogP contribution < -0.4 is 11.1 Å². The molecule has 0 unspecified atom stereocenters. The first kappa shape index (κ1) is 18.5. The zero-order chi connectivity index (χ0) is 19.2. The molecule has 3 rings (SSSR count). The number of benzene rings is 3. The Morgan fingerprint density at radius 1 is 1.07 bits per heavy atom. The summed E-state index contributed by atoms with van der Waals surface area (Å²) >= 11 is 0. The monoisotopic (exact) mass is 361 g/mol. The van der Waals surface area contributed by atoms with Crippen LogP contribution in [0.15, 0.2) is 71.9 Å². The van der Waals surface area contributed by atoms with E-state index in [0.717, 1.165) is 22.1 Å². The average molecular weight is 361 g/mol. The molecular formula is C22H23N3O2. The third-order valence-corrected chi connectivity index (χ3v) is 4.36. The number of amides is 1. The van der Waals surface area contributed by atoms with Crippen LogP contribution in [0, 0.1) is 6.92 Å². The van der Waals surface area contributed by atoms with Gasteiger partial charge in [-0.1, -0.05) is 71.4 Å². The van der Waals surface area contributed by atoms with Crippen molar-refractivity contribution in [3.05, 3.63) is 83.4 Å². The van der Waals surface area contributed by atoms with Crippen molar-refractivity contribution in [3.63, 3.8) is 0 Å². The van der Waals surface area contributed by atoms with Crippen LogP contribution in [0.2, 0.25) is 0 Å². The molecule has 1 amide bonds. The van der Waals surface area contributed by atoms with E-state index in [1.165, 1.54) is 5.39 Å². The number of carbonyl (C=O) groups excluding carboxylic acids is 1. The van der Waals surface area contributed by atoms with Crippen LogP contribution in [-0.2, 0) is 9.63 Å². The summed E-state index contributed by atoms with van der Waals surface area (Å²) in [4.78, 5) is 17.2. The number of fused-ring (bicyclic) bond motifs is 1. The molecule has 0 aromatic heterocycles. The number of nitrogens with zero attached hydrogens (tertiary/aromatic N) is 1. The molecule has 0 spiro atoms. The molecule has 0 fully saturated rings. The number of amidine groups is 1. The number of oxime groups is 1. The minimum absolute atomic E-state index is 0.135. The molecule has 0 bridgehead atoms. The molecule has 138 valence electrons. The second-order valence-corrected chi connectivity index (χ2v) is 6.51. The lowest BCUT2D eigenvalue weighted by atomic mass is 10.0. The van der Waals surface area contributed by atoms with Gasteiger partial charge in [0.2, 0.25) is 0 Å². The highest BCUT2D eigenvalue weighted by Crippen LogP contribution is 2.20. The lowest BCUT2D eigenvalue weighted by Crippen LogP contribution is -2.30. The molecule has 0 saturated carbocycles. The molecule has 0 heterocycles. The molecule has 5 nitrogen and oxygen atoms in total. The topological polar surface area (TPSA) is 76.7 Å². The Morgan fingerprint density at radius 2 is 1.78 bits per heavy atom. The second-order valence-electron chi connectivity index (χ2n) is 6.51. The Labute approximate surface area is 158 Å². The fourth-order valence-corrected chi connectivity index (χ4v) is 2.78. The highest BCUT2D eigenvalue weighted by atomic mass is 16.6. The molecule has 0 aliphatic rings. The van der Waals surface area contributed by atoms with Gasteiger partial charge in [0, 0.05) is 5.56 Å². The quantitative estimate of drug-likeness (QED) is 0.400. The van der Waals surface area contributed by atoms with Gasteiger partial charge >= 0.3 is 0 Å². The van der Waals surface area contributed by atoms with Gasteiger partial charge in [0.1, 0.15) is 0 Å². The fourth-order valence-electron chi connectivity index (χ4n) is 2.78. The molecule has 3 N–H and O–H groups in total. The molecule has 0 aliphatic carbocycles. The maximum atomic E-state index is 12.1. The minimum atomic E-state index is -0.254. The lowest BCUT2D eigenvalue weighted by Gasteiger charge is -2.14. The second kappa shape index (κ2) is 8.36. The van der Waals surface area contributed by atoms with Crippen LogP contribution >= 0.6 is 0 Å². The number of hydrogen-bond donors (Lipinski definition) is 2. The van der Waals surface area contributed by atoms with Crippen LogP contribution in [0.3, 0.4) is 0 Å². The van der Waals surface area contributed by atoms with E-state index in [9.17, 15) is 4.79 Å². The summed E-state index contributed by atoms with van der Waals surface area (Å²) in [6, 6.07) is 21.7. The molecule has 3 aromatic carbocycles. The Balaban J connectivity index is 1.55. The molecule has 0 aliphatic heterocycles. The molecule has 0 radical (unpaired) electrons. The molecule has 5 heteroatoms. The number of nitrogens with two attached hydrogens (primary N) is 1. The van der Waals surface area contributed by atoms with Crippen molar-refractivity contribution in [2.75, 3.05) is 6.61 Å². The van der Waals surface area contributed by atoms with Crippen molar-refractivity contribution in [3.8, 4) is 0 Å². The van der Waals surface area contributed by atoms with E-state index in [0.29, 0.717) is 0 Å². The Morgan fingerprint density at radius 3 is 2.52 bits per heavy atom. The summed E-state index contributed by atoms with van der Waals surface area (Å²) in [5, 5.41) is 9.04. The summed E-state index contributed by atoms with van der Waals surface area (Å²) in [6.07, 6.45) is 0. The lowest BCUT2D eigenvalue weighted by molar-refractivity contribution is -0.126. The minimum Gasteiger partial charge on any atom is -0.384 e. The molecule has 1 atom stereocenters. The summed E-state index contributed by atoms with van der Waals surface area (Å²) in [5.41, 5.74) is 8.79. The summed E-state index contributed by atoms with van der Waals surface area (Å²) in [6.45, 7) is 3.74. The van der Waals surface area contributed by atoms with E-state index < -0.39 is 0 Å². The van der Waals surface area contributed by atoms with Crippen LogP contribution in [-0.4, -0.2) is 18.3 Å². The summed E-state index contributed by atoms with van der Waals surface area (Å²) < 4.78 is 0. The summed E-state index contributed by atoms with van der Waals surface area (Å²) in [5.74, 6) is -0.0125. The van der Waals surface area contributed by atoms with Gasteiger partial charge in [-0.2, -0.15) is 0 Å². The number of rotatable bonds is 6. The predicted molar refractivity (Wildman–Crippen MR) is 108 cm³/mol. The van der Waals surface area contributed by atoms with E-state index >= 15 is 0 Å². The summed E-state index contributed by atoms with van der Waals surface area (Å²) in [7, 11) is 0. The smallest absolute Gasteiger partial charge is 0.261 e. The third kappa shape index (κ3) is 4.85. The van der Waals surface area contributed by atoms with E-state index in [1.807, 2.05) is 56.3 Å². The van der Waals surface area contributed by atoms with Crippen molar-refractivity contribution in [1.29, 1.82) is 0 Å². The van der Waals surface area contributed by atoms with E-state index in [1.54, 1.807) is 0 Å². The van der Waals surface area contributed by atoms with Crippen molar-refractivity contribution < 1.29 is 9.63 Å². The highest BCUT2D eigenvalue weighted by Gasteiger charge is 2.10. The van der Waals surface area contributed by atoms with Crippen LogP contribution in [0.25, 0.3) is 10.8 Å². The average Bonchev–Trinajstić information content (AvgIpc) is 2.68. The normalized spacial score (nSPS) is 12.6. The fraction of sp³-hybridized carbons (Fsp3) is 0.182. The van der Waals surface area contributed by atoms with E-state index in [2.05, 4.69) is 34.7 Å². The van der Waals surface area contributed by atoms with Crippen LogP contribution in [0.5, 0.6) is 0 Å². The Kier molecular flexibility index (Phi) is 5.71. The van der Waals surface area contributed by atoms with Crippen LogP contribution in [0.4, 0.5) is 0 Å². The maximum absolute atomic E-state index is 12.1. The van der Waals surface area contributed by atoms with Gasteiger partial charge in [-0.25, -0.2) is 0 Å². The molecular weight excluding hydrogens is 338 g/mol. The number of aryl methyl sites for hydroxylation is 1. The van der Waals surface area contributed by atoms with E-state index in [-0.39, 0.29) is 24.4 Å². The van der Waals surface area contributed by atoms with Crippen molar-refractivity contribution >= 4 is 22.5 Å². The van der Waals surface area contributed by atoms with Crippen molar-refractivity contribution in [2.24, 2.45) is 10.9 Å². The number of carbonyl (C=O) groups is 1. The first-order chi connectivity index (χ1) is 13.0. The molecule has 0 saturated heterocycles. The van der Waals surface area contributed by atoms with Gasteiger partial charge in [-0.05, 0) is 36.2 Å². The maximum Gasteiger partial charge on any atom is 0.261 e. The first-order valence-corrected chi connectivity index (χ1v) is 8.83. The first-order valence-electron chi connectivity index (χ1n) is 8.83. The van der Waals surface area contributed by atoms with E-state index in [4.69, 9.17) is 10.6 Å². The molecule has 27 heavy (non-hydrogen) atoms. The zero-order valence-electron chi connectivity index (χ0n) is 15.5. The van der Waals surface area contributed by atoms with Crippen molar-refractivity contribution in [2.45, 2.75) is 19.9 Å². The van der Waals surface area contributed by atoms with Gasteiger partial charge in [0.25, 0.3) is 5.91 Å². The third-order valence-electron chi connectivity index (χ3n) is 4.36. The van der Waals surface area contributed by atoms with Gasteiger partial charge in [0.05, 0.1) is 6.04 Å². The zero-order valence-corrected chi connectivity index (χ0v) is 15.5. The Hall–Kier alpha value is -3.34. The SMILES string of the molecule is Cc1ccc(/C(N)=N/OCC(=O)N[C@H](C)c2ccc3ccccc3c2)cc1. The van der Waals surface area contributed by atoms with Crippen molar-refractivity contribution in [1.82, 2.24) is 5.32 Å².